The van der Waals surface area contributed by atoms with Crippen molar-refractivity contribution in [2.75, 3.05) is 27.3 Å². The lowest BCUT2D eigenvalue weighted by atomic mass is 9.87. The van der Waals surface area contributed by atoms with E-state index >= 15 is 0 Å². The molecule has 9 heteroatoms. The van der Waals surface area contributed by atoms with E-state index in [4.69, 9.17) is 9.47 Å². The van der Waals surface area contributed by atoms with Crippen LogP contribution in [0.5, 0.6) is 5.75 Å². The van der Waals surface area contributed by atoms with E-state index in [2.05, 4.69) is 5.32 Å². The molecule has 33 heavy (non-hydrogen) atoms. The quantitative estimate of drug-likeness (QED) is 0.460. The highest BCUT2D eigenvalue weighted by Crippen LogP contribution is 2.32. The minimum Gasteiger partial charge on any atom is -0.496 e. The highest BCUT2D eigenvalue weighted by Gasteiger charge is 2.51. The lowest BCUT2D eigenvalue weighted by Crippen LogP contribution is -2.44. The van der Waals surface area contributed by atoms with Gasteiger partial charge in [0.05, 0.1) is 7.11 Å². The van der Waals surface area contributed by atoms with Crippen LogP contribution in [0.1, 0.15) is 24.5 Å². The molecular formula is C24H27N3O6. The van der Waals surface area contributed by atoms with Crippen molar-refractivity contribution in [2.24, 2.45) is 0 Å². The third-order valence-electron chi connectivity index (χ3n) is 5.64. The monoisotopic (exact) mass is 453 g/mol. The number of hydrogen-bond donors (Lipinski definition) is 1. The zero-order valence-corrected chi connectivity index (χ0v) is 18.9. The van der Waals surface area contributed by atoms with Crippen LogP contribution in [0, 0.1) is 0 Å². The number of para-hydroxylation sites is 1. The lowest BCUT2D eigenvalue weighted by Gasteiger charge is -2.25. The first-order valence-electron chi connectivity index (χ1n) is 10.5. The highest BCUT2D eigenvalue weighted by molar-refractivity contribution is 6.09. The SMILES string of the molecule is CCC1(c2ccccc2)NC(=O)N(CC(=O)OCC(=O)N(C)Cc2ccccc2OC)C1=O. The summed E-state index contributed by atoms with van der Waals surface area (Å²) in [6.45, 7) is 0.960. The molecule has 2 aromatic carbocycles. The van der Waals surface area contributed by atoms with Crippen molar-refractivity contribution in [3.8, 4) is 5.75 Å². The number of rotatable bonds is 9. The molecule has 1 N–H and O–H groups in total. The average Bonchev–Trinajstić information content (AvgIpc) is 3.08. The molecule has 1 unspecified atom stereocenters. The van der Waals surface area contributed by atoms with E-state index in [0.717, 1.165) is 10.5 Å². The largest absolute Gasteiger partial charge is 0.496 e. The van der Waals surface area contributed by atoms with Crippen molar-refractivity contribution < 1.29 is 28.7 Å². The first-order valence-corrected chi connectivity index (χ1v) is 10.5. The third kappa shape index (κ3) is 4.97. The Labute approximate surface area is 192 Å². The molecule has 1 atom stereocenters. The molecule has 0 spiro atoms. The van der Waals surface area contributed by atoms with Gasteiger partial charge in [0, 0.05) is 19.2 Å². The summed E-state index contributed by atoms with van der Waals surface area (Å²) >= 11 is 0. The number of esters is 1. The Morgan fingerprint density at radius 3 is 2.39 bits per heavy atom. The molecule has 174 valence electrons. The van der Waals surface area contributed by atoms with Gasteiger partial charge in [-0.3, -0.25) is 19.3 Å². The van der Waals surface area contributed by atoms with E-state index in [1.165, 1.54) is 4.90 Å². The number of carbonyl (C=O) groups excluding carboxylic acids is 4. The third-order valence-corrected chi connectivity index (χ3v) is 5.64. The lowest BCUT2D eigenvalue weighted by molar-refractivity contribution is -0.153. The molecule has 3 rings (SSSR count). The van der Waals surface area contributed by atoms with Gasteiger partial charge in [0.25, 0.3) is 11.8 Å². The first kappa shape index (κ1) is 23.8. The van der Waals surface area contributed by atoms with Gasteiger partial charge in [0.1, 0.15) is 17.8 Å². The summed E-state index contributed by atoms with van der Waals surface area (Å²) in [4.78, 5) is 52.5. The Morgan fingerprint density at radius 2 is 1.73 bits per heavy atom. The van der Waals surface area contributed by atoms with Gasteiger partial charge in [0.15, 0.2) is 6.61 Å². The van der Waals surface area contributed by atoms with Crippen molar-refractivity contribution in [2.45, 2.75) is 25.4 Å². The summed E-state index contributed by atoms with van der Waals surface area (Å²) in [5, 5.41) is 2.70. The molecule has 4 amide bonds. The summed E-state index contributed by atoms with van der Waals surface area (Å²) in [5.41, 5.74) is 0.205. The van der Waals surface area contributed by atoms with Crippen LogP contribution < -0.4 is 10.1 Å². The molecule has 1 saturated heterocycles. The number of methoxy groups -OCH3 is 1. The molecular weight excluding hydrogens is 426 g/mol. The molecule has 0 aromatic heterocycles. The zero-order chi connectivity index (χ0) is 24.0. The van der Waals surface area contributed by atoms with Gasteiger partial charge in [-0.05, 0) is 18.1 Å². The second-order valence-corrected chi connectivity index (χ2v) is 7.67. The molecule has 0 radical (unpaired) electrons. The first-order chi connectivity index (χ1) is 15.8. The molecule has 1 heterocycles. The molecule has 0 bridgehead atoms. The van der Waals surface area contributed by atoms with Gasteiger partial charge >= 0.3 is 12.0 Å². The van der Waals surface area contributed by atoms with Crippen LogP contribution in [-0.4, -0.2) is 60.9 Å². The number of amides is 4. The number of carbonyl (C=O) groups is 4. The average molecular weight is 453 g/mol. The smallest absolute Gasteiger partial charge is 0.326 e. The van der Waals surface area contributed by atoms with Crippen molar-refractivity contribution >= 4 is 23.8 Å². The number of likely N-dealkylation sites (N-methyl/N-ethyl adjacent to an activating group) is 1. The van der Waals surface area contributed by atoms with E-state index in [-0.39, 0.29) is 6.54 Å². The Balaban J connectivity index is 1.57. The molecule has 0 saturated carbocycles. The van der Waals surface area contributed by atoms with Crippen LogP contribution in [0.2, 0.25) is 0 Å². The summed E-state index contributed by atoms with van der Waals surface area (Å²) in [6, 6.07) is 15.5. The minimum absolute atomic E-state index is 0.267. The van der Waals surface area contributed by atoms with E-state index < -0.39 is 42.5 Å². The number of nitrogens with zero attached hydrogens (tertiary/aromatic N) is 2. The maximum Gasteiger partial charge on any atom is 0.326 e. The van der Waals surface area contributed by atoms with Gasteiger partial charge in [-0.15, -0.1) is 0 Å². The van der Waals surface area contributed by atoms with Crippen LogP contribution in [0.15, 0.2) is 54.6 Å². The van der Waals surface area contributed by atoms with Crippen molar-refractivity contribution in [1.29, 1.82) is 0 Å². The predicted octanol–water partition coefficient (Wildman–Crippen LogP) is 2.05. The van der Waals surface area contributed by atoms with E-state index in [9.17, 15) is 19.2 Å². The van der Waals surface area contributed by atoms with E-state index in [1.807, 2.05) is 24.3 Å². The molecule has 1 aliphatic rings. The number of ether oxygens (including phenoxy) is 2. The van der Waals surface area contributed by atoms with Crippen LogP contribution in [0.25, 0.3) is 0 Å². The Morgan fingerprint density at radius 1 is 1.06 bits per heavy atom. The fourth-order valence-electron chi connectivity index (χ4n) is 3.74. The summed E-state index contributed by atoms with van der Waals surface area (Å²) in [7, 11) is 3.12. The molecule has 2 aromatic rings. The summed E-state index contributed by atoms with van der Waals surface area (Å²) < 4.78 is 10.3. The number of benzene rings is 2. The van der Waals surface area contributed by atoms with E-state index in [1.54, 1.807) is 51.4 Å². The Hall–Kier alpha value is -3.88. The molecule has 0 aliphatic carbocycles. The number of urea groups is 1. The van der Waals surface area contributed by atoms with Crippen LogP contribution in [-0.2, 0) is 31.2 Å². The normalized spacial score (nSPS) is 17.5. The number of nitrogens with one attached hydrogen (secondary N) is 1. The molecule has 9 nitrogen and oxygen atoms in total. The van der Waals surface area contributed by atoms with Crippen molar-refractivity contribution in [1.82, 2.24) is 15.1 Å². The second kappa shape index (κ2) is 10.2. The van der Waals surface area contributed by atoms with Crippen LogP contribution >= 0.6 is 0 Å². The predicted molar refractivity (Wildman–Crippen MR) is 119 cm³/mol. The van der Waals surface area contributed by atoms with Crippen LogP contribution in [0.3, 0.4) is 0 Å². The highest BCUT2D eigenvalue weighted by atomic mass is 16.5. The fourth-order valence-corrected chi connectivity index (χ4v) is 3.74. The Bertz CT molecular complexity index is 1040. The van der Waals surface area contributed by atoms with Gasteiger partial charge in [0.2, 0.25) is 0 Å². The Kier molecular flexibility index (Phi) is 7.32. The van der Waals surface area contributed by atoms with Crippen LogP contribution in [0.4, 0.5) is 4.79 Å². The second-order valence-electron chi connectivity index (χ2n) is 7.67. The summed E-state index contributed by atoms with van der Waals surface area (Å²) in [5.74, 6) is -1.17. The standard InChI is InChI=1S/C24H27N3O6/c1-4-24(18-11-6-5-7-12-18)22(30)27(23(31)25-24)15-21(29)33-16-20(28)26(2)14-17-10-8-9-13-19(17)32-3/h5-13H,4,14-16H2,1-3H3,(H,25,31). The molecule has 1 aliphatic heterocycles. The zero-order valence-electron chi connectivity index (χ0n) is 18.9. The van der Waals surface area contributed by atoms with Gasteiger partial charge in [-0.1, -0.05) is 55.5 Å². The van der Waals surface area contributed by atoms with Crippen molar-refractivity contribution in [3.63, 3.8) is 0 Å². The summed E-state index contributed by atoms with van der Waals surface area (Å²) in [6.07, 6.45) is 0.319. The topological polar surface area (TPSA) is 105 Å². The maximum atomic E-state index is 13.1. The molecule has 1 fully saturated rings. The maximum absolute atomic E-state index is 13.1. The minimum atomic E-state index is -1.23. The number of imide groups is 1. The van der Waals surface area contributed by atoms with Gasteiger partial charge in [-0.2, -0.15) is 0 Å². The van der Waals surface area contributed by atoms with Crippen molar-refractivity contribution in [3.05, 3.63) is 65.7 Å². The van der Waals surface area contributed by atoms with Gasteiger partial charge in [-0.25, -0.2) is 4.79 Å². The number of hydrogen-bond acceptors (Lipinski definition) is 6. The fraction of sp³-hybridized carbons (Fsp3) is 0.333. The van der Waals surface area contributed by atoms with Gasteiger partial charge < -0.3 is 19.7 Å². The van der Waals surface area contributed by atoms with E-state index in [0.29, 0.717) is 17.7 Å².